The van der Waals surface area contributed by atoms with Crippen LogP contribution < -0.4 is 10.5 Å². The molecule has 1 aliphatic rings. The van der Waals surface area contributed by atoms with Gasteiger partial charge in [0.15, 0.2) is 0 Å². The van der Waals surface area contributed by atoms with Crippen molar-refractivity contribution in [1.82, 2.24) is 9.97 Å². The van der Waals surface area contributed by atoms with Crippen LogP contribution in [0, 0.1) is 6.92 Å². The zero-order chi connectivity index (χ0) is 14.0. The zero-order valence-corrected chi connectivity index (χ0v) is 11.3. The predicted molar refractivity (Wildman–Crippen MR) is 71.6 cm³/mol. The number of piperidine rings is 1. The second-order valence-electron chi connectivity index (χ2n) is 4.86. The summed E-state index contributed by atoms with van der Waals surface area (Å²) in [5.74, 6) is -0.472. The molecular weight excluding hydrogens is 246 g/mol. The quantitative estimate of drug-likeness (QED) is 0.854. The number of H-pyrrole nitrogens is 1. The highest BCUT2D eigenvalue weighted by Gasteiger charge is 2.30. The predicted octanol–water partition coefficient (Wildman–Crippen LogP) is 1.08. The topological polar surface area (TPSA) is 86.3 Å². The van der Waals surface area contributed by atoms with Gasteiger partial charge < -0.3 is 10.0 Å². The number of carboxylic acid groups (broad SMARTS) is 1. The number of aromatic nitrogens is 2. The van der Waals surface area contributed by atoms with Gasteiger partial charge in [-0.1, -0.05) is 6.92 Å². The first-order valence-corrected chi connectivity index (χ1v) is 6.63. The molecule has 1 atom stereocenters. The zero-order valence-electron chi connectivity index (χ0n) is 11.3. The number of hydrogen-bond donors (Lipinski definition) is 2. The van der Waals surface area contributed by atoms with Crippen LogP contribution >= 0.6 is 0 Å². The Labute approximate surface area is 111 Å². The van der Waals surface area contributed by atoms with Crippen LogP contribution in [0.4, 0.5) is 5.95 Å². The summed E-state index contributed by atoms with van der Waals surface area (Å²) in [6, 6.07) is -0.593. The molecule has 2 heterocycles. The molecule has 1 unspecified atom stereocenters. The average molecular weight is 265 g/mol. The number of carbonyl (C=O) groups is 1. The van der Waals surface area contributed by atoms with Crippen LogP contribution in [0.1, 0.15) is 37.4 Å². The van der Waals surface area contributed by atoms with E-state index < -0.39 is 12.0 Å². The SMILES string of the molecule is CCc1nc(N2CCCCC2C(=O)O)[nH]c(=O)c1C. The molecule has 0 aromatic carbocycles. The molecule has 0 radical (unpaired) electrons. The lowest BCUT2D eigenvalue weighted by atomic mass is 10.0. The monoisotopic (exact) mass is 265 g/mol. The highest BCUT2D eigenvalue weighted by Crippen LogP contribution is 2.21. The first kappa shape index (κ1) is 13.6. The van der Waals surface area contributed by atoms with Crippen molar-refractivity contribution in [3.05, 3.63) is 21.6 Å². The third-order valence-electron chi connectivity index (χ3n) is 3.63. The van der Waals surface area contributed by atoms with E-state index in [4.69, 9.17) is 0 Å². The van der Waals surface area contributed by atoms with E-state index in [0.29, 0.717) is 30.9 Å². The molecule has 1 aromatic rings. The molecular formula is C13H19N3O3. The third-order valence-corrected chi connectivity index (χ3v) is 3.63. The lowest BCUT2D eigenvalue weighted by molar-refractivity contribution is -0.139. The van der Waals surface area contributed by atoms with E-state index in [0.717, 1.165) is 18.5 Å². The Morgan fingerprint density at radius 1 is 1.53 bits per heavy atom. The second-order valence-corrected chi connectivity index (χ2v) is 4.86. The molecule has 1 saturated heterocycles. The van der Waals surface area contributed by atoms with Crippen LogP contribution in [0.2, 0.25) is 0 Å². The Bertz CT molecular complexity index is 538. The van der Waals surface area contributed by atoms with Gasteiger partial charge in [-0.25, -0.2) is 9.78 Å². The molecule has 2 N–H and O–H groups in total. The van der Waals surface area contributed by atoms with Crippen molar-refractivity contribution in [2.75, 3.05) is 11.4 Å². The highest BCUT2D eigenvalue weighted by atomic mass is 16.4. The molecule has 0 spiro atoms. The maximum atomic E-state index is 11.9. The molecule has 2 rings (SSSR count). The number of anilines is 1. The molecule has 1 aliphatic heterocycles. The third kappa shape index (κ3) is 2.62. The van der Waals surface area contributed by atoms with Gasteiger partial charge in [0, 0.05) is 12.1 Å². The summed E-state index contributed by atoms with van der Waals surface area (Å²) in [7, 11) is 0. The summed E-state index contributed by atoms with van der Waals surface area (Å²) in [6.45, 7) is 4.29. The molecule has 6 nitrogen and oxygen atoms in total. The van der Waals surface area contributed by atoms with Gasteiger partial charge in [-0.15, -0.1) is 0 Å². The fraction of sp³-hybridized carbons (Fsp3) is 0.615. The van der Waals surface area contributed by atoms with Gasteiger partial charge in [0.1, 0.15) is 6.04 Å². The van der Waals surface area contributed by atoms with Crippen LogP contribution in [-0.4, -0.2) is 33.6 Å². The van der Waals surface area contributed by atoms with Crippen LogP contribution in [0.3, 0.4) is 0 Å². The van der Waals surface area contributed by atoms with E-state index in [1.165, 1.54) is 0 Å². The van der Waals surface area contributed by atoms with Crippen molar-refractivity contribution in [2.24, 2.45) is 0 Å². The Balaban J connectivity index is 2.42. The van der Waals surface area contributed by atoms with Crippen LogP contribution in [0.25, 0.3) is 0 Å². The van der Waals surface area contributed by atoms with Crippen molar-refractivity contribution in [2.45, 2.75) is 45.6 Å². The van der Waals surface area contributed by atoms with E-state index in [1.54, 1.807) is 11.8 Å². The van der Waals surface area contributed by atoms with Crippen molar-refractivity contribution < 1.29 is 9.90 Å². The van der Waals surface area contributed by atoms with Crippen molar-refractivity contribution >= 4 is 11.9 Å². The fourth-order valence-electron chi connectivity index (χ4n) is 2.49. The van der Waals surface area contributed by atoms with E-state index in [9.17, 15) is 14.7 Å². The molecule has 0 saturated carbocycles. The van der Waals surface area contributed by atoms with Crippen LogP contribution in [0.15, 0.2) is 4.79 Å². The molecule has 104 valence electrons. The first-order valence-electron chi connectivity index (χ1n) is 6.63. The molecule has 1 fully saturated rings. The standard InChI is InChI=1S/C13H19N3O3/c1-3-9-8(2)11(17)15-13(14-9)16-7-5-4-6-10(16)12(18)19/h10H,3-7H2,1-2H3,(H,18,19)(H,14,15,17). The smallest absolute Gasteiger partial charge is 0.326 e. The summed E-state index contributed by atoms with van der Waals surface area (Å²) < 4.78 is 0. The summed E-state index contributed by atoms with van der Waals surface area (Å²) in [6.07, 6.45) is 3.07. The maximum Gasteiger partial charge on any atom is 0.326 e. The number of hydrogen-bond acceptors (Lipinski definition) is 4. The van der Waals surface area contributed by atoms with Gasteiger partial charge in [0.2, 0.25) is 5.95 Å². The molecule has 19 heavy (non-hydrogen) atoms. The van der Waals surface area contributed by atoms with Gasteiger partial charge in [0.25, 0.3) is 5.56 Å². The Hall–Kier alpha value is -1.85. The first-order chi connectivity index (χ1) is 9.04. The van der Waals surface area contributed by atoms with E-state index >= 15 is 0 Å². The summed E-state index contributed by atoms with van der Waals surface area (Å²) >= 11 is 0. The fourth-order valence-corrected chi connectivity index (χ4v) is 2.49. The minimum Gasteiger partial charge on any atom is -0.480 e. The van der Waals surface area contributed by atoms with E-state index in [2.05, 4.69) is 9.97 Å². The van der Waals surface area contributed by atoms with Gasteiger partial charge in [-0.2, -0.15) is 0 Å². The minimum absolute atomic E-state index is 0.184. The highest BCUT2D eigenvalue weighted by molar-refractivity contribution is 5.77. The van der Waals surface area contributed by atoms with Crippen molar-refractivity contribution in [3.63, 3.8) is 0 Å². The van der Waals surface area contributed by atoms with E-state index in [-0.39, 0.29) is 5.56 Å². The number of carboxylic acids is 1. The number of aromatic amines is 1. The van der Waals surface area contributed by atoms with Gasteiger partial charge in [-0.3, -0.25) is 9.78 Å². The molecule has 1 aromatic heterocycles. The number of aryl methyl sites for hydroxylation is 1. The molecule has 0 bridgehead atoms. The van der Waals surface area contributed by atoms with Crippen molar-refractivity contribution in [3.8, 4) is 0 Å². The minimum atomic E-state index is -0.860. The Morgan fingerprint density at radius 2 is 2.26 bits per heavy atom. The largest absolute Gasteiger partial charge is 0.480 e. The van der Waals surface area contributed by atoms with Gasteiger partial charge >= 0.3 is 5.97 Å². The summed E-state index contributed by atoms with van der Waals surface area (Å²) in [5, 5.41) is 9.26. The normalized spacial score (nSPS) is 19.5. The Kier molecular flexibility index (Phi) is 3.87. The number of nitrogens with one attached hydrogen (secondary N) is 1. The molecule has 0 amide bonds. The lowest BCUT2D eigenvalue weighted by Crippen LogP contribution is -2.46. The molecule has 0 aliphatic carbocycles. The molecule has 6 heteroatoms. The average Bonchev–Trinajstić information content (AvgIpc) is 2.41. The van der Waals surface area contributed by atoms with Crippen molar-refractivity contribution in [1.29, 1.82) is 0 Å². The number of nitrogens with zero attached hydrogens (tertiary/aromatic N) is 2. The van der Waals surface area contributed by atoms with Gasteiger partial charge in [-0.05, 0) is 32.6 Å². The van der Waals surface area contributed by atoms with Crippen LogP contribution in [0.5, 0.6) is 0 Å². The maximum absolute atomic E-state index is 11.9. The summed E-state index contributed by atoms with van der Waals surface area (Å²) in [5.41, 5.74) is 1.15. The number of rotatable bonds is 3. The Morgan fingerprint density at radius 3 is 2.89 bits per heavy atom. The van der Waals surface area contributed by atoms with E-state index in [1.807, 2.05) is 6.92 Å². The van der Waals surface area contributed by atoms with Crippen LogP contribution in [-0.2, 0) is 11.2 Å². The lowest BCUT2D eigenvalue weighted by Gasteiger charge is -2.33. The number of aliphatic carboxylic acids is 1. The second kappa shape index (κ2) is 5.42. The summed E-state index contributed by atoms with van der Waals surface area (Å²) in [4.78, 5) is 32.0. The van der Waals surface area contributed by atoms with Gasteiger partial charge in [0.05, 0.1) is 5.69 Å².